The maximum absolute atomic E-state index is 4.37. The third kappa shape index (κ3) is 2.28. The molecule has 68 valence electrons. The Labute approximate surface area is 93.9 Å². The summed E-state index contributed by atoms with van der Waals surface area (Å²) in [7, 11) is 0. The van der Waals surface area contributed by atoms with Gasteiger partial charge in [0.1, 0.15) is 0 Å². The van der Waals surface area contributed by atoms with Crippen molar-refractivity contribution in [2.24, 2.45) is 0 Å². The Hall–Kier alpha value is -0.430. The van der Waals surface area contributed by atoms with Crippen LogP contribution in [0.1, 0.15) is 10.7 Å². The van der Waals surface area contributed by atoms with Gasteiger partial charge in [-0.25, -0.2) is 4.98 Å². The van der Waals surface area contributed by atoms with Gasteiger partial charge in [0.25, 0.3) is 0 Å². The summed E-state index contributed by atoms with van der Waals surface area (Å²) in [6.07, 6.45) is 3.86. The lowest BCUT2D eigenvalue weighted by Crippen LogP contribution is -1.99. The minimum atomic E-state index is 0.771. The van der Waals surface area contributed by atoms with Crippen LogP contribution in [-0.4, -0.2) is 14.8 Å². The summed E-state index contributed by atoms with van der Waals surface area (Å²) in [5.74, 6) is 0. The smallest absolute Gasteiger partial charge is 0.0898 e. The van der Waals surface area contributed by atoms with Crippen LogP contribution in [0.2, 0.25) is 0 Å². The molecule has 0 radical (unpaired) electrons. The lowest BCUT2D eigenvalue weighted by atomic mass is 10.5. The fourth-order valence-electron chi connectivity index (χ4n) is 1.07. The minimum Gasteiger partial charge on any atom is -0.266 e. The molecule has 0 aliphatic rings. The molecule has 2 aromatic rings. The molecule has 0 unspecified atom stereocenters. The molecule has 0 fully saturated rings. The van der Waals surface area contributed by atoms with Crippen molar-refractivity contribution >= 4 is 33.9 Å². The molecule has 0 aromatic carbocycles. The molecule has 0 atom stereocenters. The van der Waals surface area contributed by atoms with Gasteiger partial charge in [0.15, 0.2) is 0 Å². The third-order valence-corrected chi connectivity index (χ3v) is 2.97. The quantitative estimate of drug-likeness (QED) is 0.797. The maximum Gasteiger partial charge on any atom is 0.0898 e. The molecule has 0 aliphatic heterocycles. The fraction of sp³-hybridized carbons (Fsp3) is 0.250. The number of halogens is 1. The lowest BCUT2D eigenvalue weighted by molar-refractivity contribution is 0.674. The van der Waals surface area contributed by atoms with Crippen molar-refractivity contribution in [2.45, 2.75) is 13.5 Å². The summed E-state index contributed by atoms with van der Waals surface area (Å²) in [4.78, 5) is 4.37. The number of thiazole rings is 1. The average Bonchev–Trinajstić information content (AvgIpc) is 2.62. The van der Waals surface area contributed by atoms with E-state index in [1.807, 2.05) is 24.0 Å². The van der Waals surface area contributed by atoms with E-state index in [4.69, 9.17) is 0 Å². The van der Waals surface area contributed by atoms with Crippen molar-refractivity contribution in [2.75, 3.05) is 0 Å². The number of hydrogen-bond donors (Lipinski definition) is 0. The monoisotopic (exact) mass is 305 g/mol. The molecule has 0 bridgehead atoms. The van der Waals surface area contributed by atoms with E-state index in [2.05, 4.69) is 38.1 Å². The molecular weight excluding hydrogens is 297 g/mol. The zero-order valence-electron chi connectivity index (χ0n) is 7.07. The summed E-state index contributed by atoms with van der Waals surface area (Å²) >= 11 is 3.92. The predicted octanol–water partition coefficient (Wildman–Crippen LogP) is 2.30. The molecule has 0 amide bonds. The first-order valence-electron chi connectivity index (χ1n) is 3.83. The fourth-order valence-corrected chi connectivity index (χ4v) is 2.12. The van der Waals surface area contributed by atoms with E-state index >= 15 is 0 Å². The van der Waals surface area contributed by atoms with Crippen molar-refractivity contribution in [1.29, 1.82) is 0 Å². The molecule has 0 N–H and O–H groups in total. The SMILES string of the molecule is Cc1nc(Cn2cc(I)cn2)cs1. The van der Waals surface area contributed by atoms with Crippen LogP contribution in [0.4, 0.5) is 0 Å². The number of rotatable bonds is 2. The van der Waals surface area contributed by atoms with Crippen molar-refractivity contribution in [3.63, 3.8) is 0 Å². The number of hydrogen-bond acceptors (Lipinski definition) is 3. The number of nitrogens with zero attached hydrogens (tertiary/aromatic N) is 3. The van der Waals surface area contributed by atoms with E-state index in [0.29, 0.717) is 0 Å². The molecular formula is C8H8IN3S. The molecule has 2 aromatic heterocycles. The Balaban J connectivity index is 2.14. The van der Waals surface area contributed by atoms with E-state index in [9.17, 15) is 0 Å². The Morgan fingerprint density at radius 3 is 3.00 bits per heavy atom. The van der Waals surface area contributed by atoms with Gasteiger partial charge < -0.3 is 0 Å². The summed E-state index contributed by atoms with van der Waals surface area (Å²) < 4.78 is 3.06. The summed E-state index contributed by atoms with van der Waals surface area (Å²) in [6, 6.07) is 0. The predicted molar refractivity (Wildman–Crippen MR) is 60.9 cm³/mol. The van der Waals surface area contributed by atoms with Crippen LogP contribution in [-0.2, 0) is 6.54 Å². The molecule has 0 saturated carbocycles. The van der Waals surface area contributed by atoms with E-state index in [1.165, 1.54) is 0 Å². The normalized spacial score (nSPS) is 10.6. The first kappa shape index (κ1) is 9.14. The van der Waals surface area contributed by atoms with Crippen LogP contribution in [0.25, 0.3) is 0 Å². The minimum absolute atomic E-state index is 0.771. The van der Waals surface area contributed by atoms with Gasteiger partial charge >= 0.3 is 0 Å². The lowest BCUT2D eigenvalue weighted by Gasteiger charge is -1.95. The second-order valence-corrected chi connectivity index (χ2v) is 5.02. The molecule has 5 heteroatoms. The maximum atomic E-state index is 4.37. The van der Waals surface area contributed by atoms with E-state index in [0.717, 1.165) is 20.8 Å². The van der Waals surface area contributed by atoms with Crippen LogP contribution in [0.3, 0.4) is 0 Å². The van der Waals surface area contributed by atoms with Crippen molar-refractivity contribution < 1.29 is 0 Å². The van der Waals surface area contributed by atoms with E-state index in [-0.39, 0.29) is 0 Å². The first-order valence-corrected chi connectivity index (χ1v) is 5.79. The second-order valence-electron chi connectivity index (χ2n) is 2.71. The standard InChI is InChI=1S/C8H8IN3S/c1-6-11-8(5-13-6)4-12-3-7(9)2-10-12/h2-3,5H,4H2,1H3. The van der Waals surface area contributed by atoms with Crippen molar-refractivity contribution in [3.8, 4) is 0 Å². The molecule has 0 spiro atoms. The molecule has 13 heavy (non-hydrogen) atoms. The zero-order valence-corrected chi connectivity index (χ0v) is 10.0. The van der Waals surface area contributed by atoms with Gasteiger partial charge in [0.05, 0.1) is 27.0 Å². The van der Waals surface area contributed by atoms with Gasteiger partial charge in [0.2, 0.25) is 0 Å². The van der Waals surface area contributed by atoms with Crippen LogP contribution in [0, 0.1) is 10.5 Å². The van der Waals surface area contributed by atoms with Crippen LogP contribution in [0.15, 0.2) is 17.8 Å². The van der Waals surface area contributed by atoms with Crippen LogP contribution >= 0.6 is 33.9 Å². The van der Waals surface area contributed by atoms with Crippen LogP contribution in [0.5, 0.6) is 0 Å². The van der Waals surface area contributed by atoms with Crippen molar-refractivity contribution in [3.05, 3.63) is 32.0 Å². The van der Waals surface area contributed by atoms with Gasteiger partial charge in [-0.1, -0.05) is 0 Å². The highest BCUT2D eigenvalue weighted by atomic mass is 127. The highest BCUT2D eigenvalue weighted by Gasteiger charge is 2.00. The van der Waals surface area contributed by atoms with E-state index < -0.39 is 0 Å². The zero-order chi connectivity index (χ0) is 9.26. The Kier molecular flexibility index (Phi) is 2.63. The Bertz CT molecular complexity index is 369. The molecule has 0 aliphatic carbocycles. The Morgan fingerprint density at radius 1 is 1.62 bits per heavy atom. The molecule has 2 rings (SSSR count). The molecule has 2 heterocycles. The van der Waals surface area contributed by atoms with Crippen LogP contribution < -0.4 is 0 Å². The third-order valence-electron chi connectivity index (χ3n) is 1.59. The van der Waals surface area contributed by atoms with Gasteiger partial charge in [-0.2, -0.15) is 5.10 Å². The average molecular weight is 305 g/mol. The summed E-state index contributed by atoms with van der Waals surface area (Å²) in [5, 5.41) is 7.38. The largest absolute Gasteiger partial charge is 0.266 e. The highest BCUT2D eigenvalue weighted by molar-refractivity contribution is 14.1. The van der Waals surface area contributed by atoms with Crippen molar-refractivity contribution in [1.82, 2.24) is 14.8 Å². The van der Waals surface area contributed by atoms with Gasteiger partial charge in [-0.15, -0.1) is 11.3 Å². The number of aryl methyl sites for hydroxylation is 1. The first-order chi connectivity index (χ1) is 6.24. The topological polar surface area (TPSA) is 30.7 Å². The van der Waals surface area contributed by atoms with Gasteiger partial charge in [-0.3, -0.25) is 4.68 Å². The van der Waals surface area contributed by atoms with E-state index in [1.54, 1.807) is 11.3 Å². The summed E-state index contributed by atoms with van der Waals surface area (Å²) in [6.45, 7) is 2.79. The second kappa shape index (κ2) is 3.75. The number of aromatic nitrogens is 3. The Morgan fingerprint density at radius 2 is 2.46 bits per heavy atom. The summed E-state index contributed by atoms with van der Waals surface area (Å²) in [5.41, 5.74) is 1.09. The molecule has 0 saturated heterocycles. The van der Waals surface area contributed by atoms with Gasteiger partial charge in [0, 0.05) is 11.6 Å². The van der Waals surface area contributed by atoms with Gasteiger partial charge in [-0.05, 0) is 29.5 Å². The molecule has 3 nitrogen and oxygen atoms in total. The highest BCUT2D eigenvalue weighted by Crippen LogP contribution is 2.10.